The van der Waals surface area contributed by atoms with Gasteiger partial charge >= 0.3 is 6.03 Å². The molecule has 2 rings (SSSR count). The smallest absolute Gasteiger partial charge is 0.319 e. The maximum absolute atomic E-state index is 12.0. The van der Waals surface area contributed by atoms with Gasteiger partial charge in [-0.3, -0.25) is 4.68 Å². The number of rotatable bonds is 3. The van der Waals surface area contributed by atoms with Crippen molar-refractivity contribution in [1.82, 2.24) is 15.1 Å². The normalized spacial score (nSPS) is 12.0. The van der Waals surface area contributed by atoms with Crippen molar-refractivity contribution in [3.63, 3.8) is 0 Å². The van der Waals surface area contributed by atoms with Crippen LogP contribution in [0.25, 0.3) is 0 Å². The molecule has 2 amide bonds. The Labute approximate surface area is 133 Å². The lowest BCUT2D eigenvalue weighted by molar-refractivity contribution is 0.249. The Bertz CT molecular complexity index is 649. The second-order valence-corrected chi connectivity index (χ2v) is 5.66. The Morgan fingerprint density at radius 2 is 1.90 bits per heavy atom. The zero-order chi connectivity index (χ0) is 15.6. The van der Waals surface area contributed by atoms with Gasteiger partial charge in [0.15, 0.2) is 0 Å². The molecule has 0 radical (unpaired) electrons. The molecule has 112 valence electrons. The van der Waals surface area contributed by atoms with Crippen molar-refractivity contribution in [2.45, 2.75) is 19.9 Å². The molecule has 2 N–H and O–H groups in total. The maximum Gasteiger partial charge on any atom is 0.319 e. The number of benzene rings is 1. The van der Waals surface area contributed by atoms with Crippen LogP contribution >= 0.6 is 23.2 Å². The molecular weight excluding hydrogens is 311 g/mol. The lowest BCUT2D eigenvalue weighted by Crippen LogP contribution is -2.31. The van der Waals surface area contributed by atoms with E-state index in [1.54, 1.807) is 29.1 Å². The van der Waals surface area contributed by atoms with Crippen LogP contribution < -0.4 is 10.6 Å². The fourth-order valence-corrected chi connectivity index (χ4v) is 2.53. The summed E-state index contributed by atoms with van der Waals surface area (Å²) >= 11 is 11.8. The van der Waals surface area contributed by atoms with E-state index in [1.807, 2.05) is 20.9 Å². The first kappa shape index (κ1) is 15.7. The summed E-state index contributed by atoms with van der Waals surface area (Å²) in [5.41, 5.74) is 2.52. The van der Waals surface area contributed by atoms with Gasteiger partial charge in [0, 0.05) is 34.0 Å². The van der Waals surface area contributed by atoms with Gasteiger partial charge in [-0.15, -0.1) is 0 Å². The highest BCUT2D eigenvalue weighted by Gasteiger charge is 2.14. The number of aromatic nitrogens is 2. The number of nitrogens with zero attached hydrogens (tertiary/aromatic N) is 2. The number of hydrogen-bond donors (Lipinski definition) is 2. The molecule has 1 heterocycles. The Hall–Kier alpha value is -1.72. The number of carbonyl (C=O) groups is 1. The molecule has 21 heavy (non-hydrogen) atoms. The van der Waals surface area contributed by atoms with E-state index >= 15 is 0 Å². The molecule has 0 saturated carbocycles. The largest absolute Gasteiger partial charge is 0.331 e. The average molecular weight is 327 g/mol. The van der Waals surface area contributed by atoms with Crippen molar-refractivity contribution in [1.29, 1.82) is 0 Å². The summed E-state index contributed by atoms with van der Waals surface area (Å²) in [5.74, 6) is 0. The second kappa shape index (κ2) is 6.37. The van der Waals surface area contributed by atoms with E-state index in [4.69, 9.17) is 23.2 Å². The summed E-state index contributed by atoms with van der Waals surface area (Å²) in [4.78, 5) is 12.0. The van der Waals surface area contributed by atoms with Crippen LogP contribution in [0.15, 0.2) is 24.4 Å². The SMILES string of the molecule is Cc1c([C@@H](C)NC(=O)Nc2cc(Cl)cc(Cl)c2)cnn1C. The van der Waals surface area contributed by atoms with Crippen molar-refractivity contribution >= 4 is 34.9 Å². The van der Waals surface area contributed by atoms with Crippen LogP contribution in [-0.2, 0) is 7.05 Å². The lowest BCUT2D eigenvalue weighted by Gasteiger charge is -2.15. The molecule has 2 aromatic rings. The van der Waals surface area contributed by atoms with E-state index in [1.165, 1.54) is 0 Å². The summed E-state index contributed by atoms with van der Waals surface area (Å²) in [6.07, 6.45) is 1.75. The quantitative estimate of drug-likeness (QED) is 0.898. The maximum atomic E-state index is 12.0. The van der Waals surface area contributed by atoms with Gasteiger partial charge in [-0.25, -0.2) is 4.79 Å². The van der Waals surface area contributed by atoms with Crippen molar-refractivity contribution in [2.24, 2.45) is 7.05 Å². The summed E-state index contributed by atoms with van der Waals surface area (Å²) in [7, 11) is 1.86. The highest BCUT2D eigenvalue weighted by molar-refractivity contribution is 6.35. The Morgan fingerprint density at radius 3 is 2.43 bits per heavy atom. The molecule has 0 saturated heterocycles. The fourth-order valence-electron chi connectivity index (χ4n) is 2.01. The van der Waals surface area contributed by atoms with Gasteiger partial charge in [0.25, 0.3) is 0 Å². The summed E-state index contributed by atoms with van der Waals surface area (Å²) in [6.45, 7) is 3.85. The first-order valence-electron chi connectivity index (χ1n) is 6.39. The molecule has 1 aromatic heterocycles. The number of nitrogens with one attached hydrogen (secondary N) is 2. The predicted octanol–water partition coefficient (Wildman–Crippen LogP) is 3.92. The minimum absolute atomic E-state index is 0.159. The van der Waals surface area contributed by atoms with Gasteiger partial charge < -0.3 is 10.6 Å². The van der Waals surface area contributed by atoms with E-state index in [2.05, 4.69) is 15.7 Å². The Balaban J connectivity index is 2.03. The third kappa shape index (κ3) is 3.89. The molecule has 1 aromatic carbocycles. The number of amides is 2. The highest BCUT2D eigenvalue weighted by Crippen LogP contribution is 2.22. The predicted molar refractivity (Wildman–Crippen MR) is 85.0 cm³/mol. The van der Waals surface area contributed by atoms with E-state index in [0.29, 0.717) is 15.7 Å². The number of anilines is 1. The number of carbonyl (C=O) groups excluding carboxylic acids is 1. The summed E-state index contributed by atoms with van der Waals surface area (Å²) < 4.78 is 1.77. The summed E-state index contributed by atoms with van der Waals surface area (Å²) in [6, 6.07) is 4.38. The lowest BCUT2D eigenvalue weighted by atomic mass is 10.1. The van der Waals surface area contributed by atoms with Crippen LogP contribution in [0.2, 0.25) is 10.0 Å². The average Bonchev–Trinajstić information content (AvgIpc) is 2.68. The first-order valence-corrected chi connectivity index (χ1v) is 7.14. The van der Waals surface area contributed by atoms with Crippen LogP contribution in [0.1, 0.15) is 24.2 Å². The van der Waals surface area contributed by atoms with Crippen molar-refractivity contribution in [2.75, 3.05) is 5.32 Å². The molecular formula is C14H16Cl2N4O. The van der Waals surface area contributed by atoms with Gasteiger partial charge in [-0.1, -0.05) is 23.2 Å². The highest BCUT2D eigenvalue weighted by atomic mass is 35.5. The summed E-state index contributed by atoms with van der Waals surface area (Å²) in [5, 5.41) is 10.6. The van der Waals surface area contributed by atoms with E-state index in [-0.39, 0.29) is 12.1 Å². The molecule has 0 aliphatic heterocycles. The third-order valence-corrected chi connectivity index (χ3v) is 3.64. The van der Waals surface area contributed by atoms with Crippen molar-refractivity contribution < 1.29 is 4.79 Å². The van der Waals surface area contributed by atoms with E-state index in [0.717, 1.165) is 11.3 Å². The zero-order valence-corrected chi connectivity index (χ0v) is 13.5. The van der Waals surface area contributed by atoms with Crippen LogP contribution in [-0.4, -0.2) is 15.8 Å². The fraction of sp³-hybridized carbons (Fsp3) is 0.286. The Kier molecular flexibility index (Phi) is 4.75. The van der Waals surface area contributed by atoms with Gasteiger partial charge in [0.1, 0.15) is 0 Å². The van der Waals surface area contributed by atoms with Crippen LogP contribution in [0.5, 0.6) is 0 Å². The first-order chi connectivity index (χ1) is 9.86. The molecule has 7 heteroatoms. The molecule has 5 nitrogen and oxygen atoms in total. The number of aryl methyl sites for hydroxylation is 1. The molecule has 0 bridgehead atoms. The number of halogens is 2. The molecule has 0 aliphatic carbocycles. The standard InChI is InChI=1S/C14H16Cl2N4O/c1-8(13-7-17-20(3)9(13)2)18-14(21)19-12-5-10(15)4-11(16)6-12/h4-8H,1-3H3,(H2,18,19,21)/t8-/m1/s1. The molecule has 1 atom stereocenters. The van der Waals surface area contributed by atoms with Crippen LogP contribution in [0.3, 0.4) is 0 Å². The molecule has 0 unspecified atom stereocenters. The topological polar surface area (TPSA) is 59.0 Å². The van der Waals surface area contributed by atoms with Crippen LogP contribution in [0.4, 0.5) is 10.5 Å². The van der Waals surface area contributed by atoms with E-state index in [9.17, 15) is 4.79 Å². The Morgan fingerprint density at radius 1 is 1.29 bits per heavy atom. The van der Waals surface area contributed by atoms with E-state index < -0.39 is 0 Å². The van der Waals surface area contributed by atoms with Gasteiger partial charge in [-0.2, -0.15) is 5.10 Å². The number of urea groups is 1. The molecule has 0 aliphatic rings. The van der Waals surface area contributed by atoms with Gasteiger partial charge in [0.05, 0.1) is 12.2 Å². The van der Waals surface area contributed by atoms with Crippen molar-refractivity contribution in [3.8, 4) is 0 Å². The third-order valence-electron chi connectivity index (χ3n) is 3.21. The van der Waals surface area contributed by atoms with Gasteiger partial charge in [0.2, 0.25) is 0 Å². The van der Waals surface area contributed by atoms with Crippen molar-refractivity contribution in [3.05, 3.63) is 45.7 Å². The molecule has 0 fully saturated rings. The minimum Gasteiger partial charge on any atom is -0.331 e. The number of hydrogen-bond acceptors (Lipinski definition) is 2. The van der Waals surface area contributed by atoms with Crippen LogP contribution in [0, 0.1) is 6.92 Å². The van der Waals surface area contributed by atoms with Gasteiger partial charge in [-0.05, 0) is 32.0 Å². The zero-order valence-electron chi connectivity index (χ0n) is 11.9. The monoisotopic (exact) mass is 326 g/mol. The molecule has 0 spiro atoms. The second-order valence-electron chi connectivity index (χ2n) is 4.79. The minimum atomic E-state index is -0.330.